The van der Waals surface area contributed by atoms with Crippen LogP contribution in [0.5, 0.6) is 0 Å². The Morgan fingerprint density at radius 3 is 2.10 bits per heavy atom. The molecule has 1 nitrogen and oxygen atoms in total. The Morgan fingerprint density at radius 2 is 1.70 bits per heavy atom. The average molecular weight is 144 g/mol. The molecule has 62 valence electrons. The molecule has 0 saturated heterocycles. The highest BCUT2D eigenvalue weighted by Gasteiger charge is 2.01. The first-order chi connectivity index (χ1) is 4.66. The highest BCUT2D eigenvalue weighted by Crippen LogP contribution is 2.08. The van der Waals surface area contributed by atoms with Gasteiger partial charge in [0.15, 0.2) is 0 Å². The third-order valence-electron chi connectivity index (χ3n) is 1.60. The lowest BCUT2D eigenvalue weighted by atomic mass is 10.1. The van der Waals surface area contributed by atoms with Crippen molar-refractivity contribution in [1.29, 1.82) is 0 Å². The van der Waals surface area contributed by atoms with Gasteiger partial charge in [-0.15, -0.1) is 0 Å². The summed E-state index contributed by atoms with van der Waals surface area (Å²) in [5.74, 6) is 0.808. The standard InChI is InChI=1S/C9H20O/c1-5-10-9(4)7-6-8(2)3/h8-9H,5-7H2,1-4H3. The second kappa shape index (κ2) is 5.72. The summed E-state index contributed by atoms with van der Waals surface area (Å²) in [7, 11) is 0. The molecule has 0 rings (SSSR count). The zero-order valence-electron chi connectivity index (χ0n) is 7.68. The van der Waals surface area contributed by atoms with E-state index in [0.717, 1.165) is 12.5 Å². The Bertz CT molecular complexity index is 69.1. The molecule has 0 aliphatic heterocycles. The van der Waals surface area contributed by atoms with Crippen LogP contribution in [-0.4, -0.2) is 12.7 Å². The minimum absolute atomic E-state index is 0.451. The van der Waals surface area contributed by atoms with Crippen LogP contribution in [0.3, 0.4) is 0 Å². The Labute approximate surface area is 64.8 Å². The van der Waals surface area contributed by atoms with E-state index in [9.17, 15) is 0 Å². The second-order valence-electron chi connectivity index (χ2n) is 3.24. The number of rotatable bonds is 5. The molecule has 0 aromatic rings. The van der Waals surface area contributed by atoms with Crippen molar-refractivity contribution >= 4 is 0 Å². The van der Waals surface area contributed by atoms with Gasteiger partial charge in [-0.25, -0.2) is 0 Å². The maximum atomic E-state index is 5.39. The van der Waals surface area contributed by atoms with Crippen LogP contribution in [0, 0.1) is 5.92 Å². The summed E-state index contributed by atoms with van der Waals surface area (Å²) in [6.07, 6.45) is 2.93. The van der Waals surface area contributed by atoms with Gasteiger partial charge in [-0.3, -0.25) is 0 Å². The minimum Gasteiger partial charge on any atom is -0.379 e. The fourth-order valence-corrected chi connectivity index (χ4v) is 0.936. The molecular weight excluding hydrogens is 124 g/mol. The van der Waals surface area contributed by atoms with Crippen molar-refractivity contribution < 1.29 is 4.74 Å². The second-order valence-corrected chi connectivity index (χ2v) is 3.24. The topological polar surface area (TPSA) is 9.23 Å². The zero-order chi connectivity index (χ0) is 7.98. The Morgan fingerprint density at radius 1 is 1.10 bits per heavy atom. The molecule has 0 aromatic heterocycles. The maximum absolute atomic E-state index is 5.39. The van der Waals surface area contributed by atoms with Crippen molar-refractivity contribution in [3.8, 4) is 0 Å². The number of ether oxygens (including phenoxy) is 1. The molecule has 10 heavy (non-hydrogen) atoms. The van der Waals surface area contributed by atoms with Gasteiger partial charge in [-0.1, -0.05) is 13.8 Å². The van der Waals surface area contributed by atoms with Crippen molar-refractivity contribution in [3.63, 3.8) is 0 Å². The van der Waals surface area contributed by atoms with Crippen molar-refractivity contribution in [2.24, 2.45) is 5.92 Å². The van der Waals surface area contributed by atoms with Gasteiger partial charge in [0.1, 0.15) is 0 Å². The Kier molecular flexibility index (Phi) is 5.70. The normalized spacial score (nSPS) is 14.1. The molecule has 0 aromatic carbocycles. The molecule has 1 atom stereocenters. The SMILES string of the molecule is CCOC(C)CCC(C)C. The fraction of sp³-hybridized carbons (Fsp3) is 1.00. The molecule has 1 unspecified atom stereocenters. The van der Waals surface area contributed by atoms with E-state index in [1.807, 2.05) is 6.92 Å². The predicted molar refractivity (Wildman–Crippen MR) is 45.2 cm³/mol. The molecule has 0 fully saturated rings. The molecule has 0 amide bonds. The van der Waals surface area contributed by atoms with E-state index in [-0.39, 0.29) is 0 Å². The number of hydrogen-bond acceptors (Lipinski definition) is 1. The molecule has 0 aliphatic rings. The third kappa shape index (κ3) is 6.09. The highest BCUT2D eigenvalue weighted by molar-refractivity contribution is 4.52. The Hall–Kier alpha value is -0.0400. The van der Waals surface area contributed by atoms with Crippen molar-refractivity contribution in [2.45, 2.75) is 46.6 Å². The van der Waals surface area contributed by atoms with E-state index in [1.54, 1.807) is 0 Å². The largest absolute Gasteiger partial charge is 0.379 e. The van der Waals surface area contributed by atoms with Crippen LogP contribution in [-0.2, 0) is 4.74 Å². The molecule has 0 aliphatic carbocycles. The van der Waals surface area contributed by atoms with Crippen LogP contribution in [0.1, 0.15) is 40.5 Å². The molecular formula is C9H20O. The summed E-state index contributed by atoms with van der Waals surface area (Å²) in [6, 6.07) is 0. The van der Waals surface area contributed by atoms with Gasteiger partial charge in [-0.05, 0) is 32.6 Å². The van der Waals surface area contributed by atoms with E-state index >= 15 is 0 Å². The molecule has 1 heteroatoms. The zero-order valence-corrected chi connectivity index (χ0v) is 7.68. The van der Waals surface area contributed by atoms with Gasteiger partial charge in [0.2, 0.25) is 0 Å². The van der Waals surface area contributed by atoms with Crippen LogP contribution < -0.4 is 0 Å². The van der Waals surface area contributed by atoms with Gasteiger partial charge in [0.25, 0.3) is 0 Å². The van der Waals surface area contributed by atoms with E-state index < -0.39 is 0 Å². The van der Waals surface area contributed by atoms with Crippen LogP contribution >= 0.6 is 0 Å². The summed E-state index contributed by atoms with van der Waals surface area (Å²) in [5, 5.41) is 0. The monoisotopic (exact) mass is 144 g/mol. The average Bonchev–Trinajstić information content (AvgIpc) is 1.85. The minimum atomic E-state index is 0.451. The highest BCUT2D eigenvalue weighted by atomic mass is 16.5. The molecule has 0 bridgehead atoms. The number of hydrogen-bond donors (Lipinski definition) is 0. The lowest BCUT2D eigenvalue weighted by molar-refractivity contribution is 0.0664. The summed E-state index contributed by atoms with van der Waals surface area (Å²) in [5.41, 5.74) is 0. The molecule has 0 saturated carbocycles. The summed E-state index contributed by atoms with van der Waals surface area (Å²) >= 11 is 0. The molecule has 0 radical (unpaired) electrons. The first kappa shape index (κ1) is 9.96. The quantitative estimate of drug-likeness (QED) is 0.576. The lowest BCUT2D eigenvalue weighted by Crippen LogP contribution is -2.08. The third-order valence-corrected chi connectivity index (χ3v) is 1.60. The Balaban J connectivity index is 3.12. The smallest absolute Gasteiger partial charge is 0.0546 e. The van der Waals surface area contributed by atoms with Crippen molar-refractivity contribution in [2.75, 3.05) is 6.61 Å². The lowest BCUT2D eigenvalue weighted by Gasteiger charge is -2.12. The predicted octanol–water partition coefficient (Wildman–Crippen LogP) is 2.85. The first-order valence-corrected chi connectivity index (χ1v) is 4.28. The van der Waals surface area contributed by atoms with E-state index in [4.69, 9.17) is 4.74 Å². The maximum Gasteiger partial charge on any atom is 0.0546 e. The van der Waals surface area contributed by atoms with Crippen LogP contribution in [0.2, 0.25) is 0 Å². The van der Waals surface area contributed by atoms with Gasteiger partial charge in [0, 0.05) is 6.61 Å². The summed E-state index contributed by atoms with van der Waals surface area (Å²) in [4.78, 5) is 0. The molecule has 0 heterocycles. The van der Waals surface area contributed by atoms with Crippen LogP contribution in [0.25, 0.3) is 0 Å². The van der Waals surface area contributed by atoms with Gasteiger partial charge in [-0.2, -0.15) is 0 Å². The van der Waals surface area contributed by atoms with E-state index in [1.165, 1.54) is 12.8 Å². The van der Waals surface area contributed by atoms with Gasteiger partial charge >= 0.3 is 0 Å². The van der Waals surface area contributed by atoms with Crippen molar-refractivity contribution in [1.82, 2.24) is 0 Å². The van der Waals surface area contributed by atoms with E-state index in [2.05, 4.69) is 20.8 Å². The van der Waals surface area contributed by atoms with Gasteiger partial charge < -0.3 is 4.74 Å². The summed E-state index contributed by atoms with van der Waals surface area (Å²) in [6.45, 7) is 9.54. The fourth-order valence-electron chi connectivity index (χ4n) is 0.936. The molecule has 0 N–H and O–H groups in total. The molecule has 0 spiro atoms. The van der Waals surface area contributed by atoms with E-state index in [0.29, 0.717) is 6.10 Å². The first-order valence-electron chi connectivity index (χ1n) is 4.28. The summed E-state index contributed by atoms with van der Waals surface area (Å²) < 4.78 is 5.39. The van der Waals surface area contributed by atoms with Crippen LogP contribution in [0.4, 0.5) is 0 Å². The van der Waals surface area contributed by atoms with Crippen molar-refractivity contribution in [3.05, 3.63) is 0 Å². The van der Waals surface area contributed by atoms with Crippen LogP contribution in [0.15, 0.2) is 0 Å². The van der Waals surface area contributed by atoms with Gasteiger partial charge in [0.05, 0.1) is 6.10 Å².